The first-order chi connectivity index (χ1) is 8.13. The second-order valence-corrected chi connectivity index (χ2v) is 4.25. The van der Waals surface area contributed by atoms with Crippen molar-refractivity contribution < 1.29 is 9.15 Å². The predicted molar refractivity (Wildman–Crippen MR) is 67.5 cm³/mol. The number of nitrogens with two attached hydrogens (primary N) is 1. The van der Waals surface area contributed by atoms with Crippen molar-refractivity contribution in [1.82, 2.24) is 0 Å². The van der Waals surface area contributed by atoms with E-state index in [0.717, 1.165) is 16.9 Å². The quantitative estimate of drug-likeness (QED) is 0.911. The van der Waals surface area contributed by atoms with Crippen LogP contribution in [0.15, 0.2) is 34.9 Å². The number of benzene rings is 1. The minimum absolute atomic E-state index is 0.312. The number of furan rings is 1. The molecule has 17 heavy (non-hydrogen) atoms. The maximum atomic E-state index is 6.13. The van der Waals surface area contributed by atoms with E-state index in [0.29, 0.717) is 10.8 Å². The molecule has 0 fully saturated rings. The molecule has 0 aliphatic rings. The van der Waals surface area contributed by atoms with Crippen LogP contribution >= 0.6 is 11.6 Å². The number of rotatable bonds is 3. The smallest absolute Gasteiger partial charge is 0.137 e. The van der Waals surface area contributed by atoms with Crippen LogP contribution in [0.1, 0.15) is 22.9 Å². The van der Waals surface area contributed by atoms with Crippen LogP contribution in [0.25, 0.3) is 0 Å². The molecule has 0 spiro atoms. The predicted octanol–water partition coefficient (Wildman–Crippen LogP) is 3.30. The van der Waals surface area contributed by atoms with Crippen LogP contribution in [0.3, 0.4) is 0 Å². The van der Waals surface area contributed by atoms with Crippen molar-refractivity contribution in [1.29, 1.82) is 0 Å². The van der Waals surface area contributed by atoms with Crippen LogP contribution < -0.4 is 10.5 Å². The number of hydrogen-bond donors (Lipinski definition) is 1. The maximum absolute atomic E-state index is 6.13. The highest BCUT2D eigenvalue weighted by atomic mass is 35.5. The van der Waals surface area contributed by atoms with Gasteiger partial charge in [-0.05, 0) is 36.2 Å². The van der Waals surface area contributed by atoms with Gasteiger partial charge in [-0.3, -0.25) is 0 Å². The van der Waals surface area contributed by atoms with Crippen LogP contribution in [0.4, 0.5) is 0 Å². The Hall–Kier alpha value is -1.45. The van der Waals surface area contributed by atoms with Crippen molar-refractivity contribution in [3.05, 3.63) is 52.4 Å². The molecule has 2 rings (SSSR count). The van der Waals surface area contributed by atoms with Gasteiger partial charge in [-0.25, -0.2) is 0 Å². The summed E-state index contributed by atoms with van der Waals surface area (Å²) in [5, 5.41) is 0.546. The molecule has 2 N–H and O–H groups in total. The molecule has 0 saturated carbocycles. The summed E-state index contributed by atoms with van der Waals surface area (Å²) in [7, 11) is 1.58. The molecule has 0 radical (unpaired) electrons. The van der Waals surface area contributed by atoms with Crippen molar-refractivity contribution in [3.8, 4) is 5.75 Å². The van der Waals surface area contributed by atoms with E-state index >= 15 is 0 Å². The zero-order valence-electron chi connectivity index (χ0n) is 9.74. The fourth-order valence-electron chi connectivity index (χ4n) is 1.73. The Morgan fingerprint density at radius 3 is 2.65 bits per heavy atom. The van der Waals surface area contributed by atoms with Gasteiger partial charge in [0, 0.05) is 0 Å². The van der Waals surface area contributed by atoms with Crippen molar-refractivity contribution in [2.45, 2.75) is 13.0 Å². The lowest BCUT2D eigenvalue weighted by Crippen LogP contribution is -2.12. The van der Waals surface area contributed by atoms with E-state index in [1.54, 1.807) is 25.5 Å². The Kier molecular flexibility index (Phi) is 3.41. The molecular weight excluding hydrogens is 238 g/mol. The number of aryl methyl sites for hydroxylation is 1. The van der Waals surface area contributed by atoms with Gasteiger partial charge < -0.3 is 14.9 Å². The fourth-order valence-corrected chi connectivity index (χ4v) is 2.00. The third kappa shape index (κ3) is 2.30. The van der Waals surface area contributed by atoms with E-state index in [-0.39, 0.29) is 6.04 Å². The first-order valence-electron chi connectivity index (χ1n) is 5.26. The van der Waals surface area contributed by atoms with Crippen LogP contribution in [-0.4, -0.2) is 7.11 Å². The summed E-state index contributed by atoms with van der Waals surface area (Å²) < 4.78 is 10.5. The van der Waals surface area contributed by atoms with Gasteiger partial charge in [0.15, 0.2) is 0 Å². The summed E-state index contributed by atoms with van der Waals surface area (Å²) in [6.45, 7) is 1.96. The Labute approximate surface area is 105 Å². The van der Waals surface area contributed by atoms with Gasteiger partial charge in [0.1, 0.15) is 11.5 Å². The lowest BCUT2D eigenvalue weighted by atomic mass is 10.0. The monoisotopic (exact) mass is 251 g/mol. The van der Waals surface area contributed by atoms with Crippen molar-refractivity contribution in [2.24, 2.45) is 5.73 Å². The molecule has 4 heteroatoms. The summed E-state index contributed by atoms with van der Waals surface area (Å²) in [5.41, 5.74) is 8.06. The van der Waals surface area contributed by atoms with Gasteiger partial charge in [-0.15, -0.1) is 0 Å². The highest BCUT2D eigenvalue weighted by molar-refractivity contribution is 6.32. The topological polar surface area (TPSA) is 48.4 Å². The standard InChI is InChI=1S/C13H14ClNO2/c1-8-5-6-17-13(8)12(15)9-3-4-11(16-2)10(14)7-9/h3-7,12H,15H2,1-2H3. The van der Waals surface area contributed by atoms with E-state index in [9.17, 15) is 0 Å². The second kappa shape index (κ2) is 4.82. The Balaban J connectivity index is 2.35. The first kappa shape index (κ1) is 12.0. The van der Waals surface area contributed by atoms with E-state index < -0.39 is 0 Å². The van der Waals surface area contributed by atoms with Gasteiger partial charge >= 0.3 is 0 Å². The van der Waals surface area contributed by atoms with E-state index in [1.165, 1.54) is 0 Å². The molecule has 90 valence electrons. The van der Waals surface area contributed by atoms with Gasteiger partial charge in [0.25, 0.3) is 0 Å². The zero-order valence-corrected chi connectivity index (χ0v) is 10.5. The summed E-state index contributed by atoms with van der Waals surface area (Å²) >= 11 is 6.06. The number of hydrogen-bond acceptors (Lipinski definition) is 3. The molecule has 3 nitrogen and oxygen atoms in total. The van der Waals surface area contributed by atoms with Gasteiger partial charge in [0.05, 0.1) is 24.4 Å². The third-order valence-corrected chi connectivity index (χ3v) is 3.01. The third-order valence-electron chi connectivity index (χ3n) is 2.72. The highest BCUT2D eigenvalue weighted by Gasteiger charge is 2.16. The Morgan fingerprint density at radius 1 is 1.35 bits per heavy atom. The van der Waals surface area contributed by atoms with E-state index in [1.807, 2.05) is 19.1 Å². The van der Waals surface area contributed by atoms with Gasteiger partial charge in [-0.1, -0.05) is 17.7 Å². The maximum Gasteiger partial charge on any atom is 0.137 e. The summed E-state index contributed by atoms with van der Waals surface area (Å²) in [4.78, 5) is 0. The van der Waals surface area contributed by atoms with Gasteiger partial charge in [-0.2, -0.15) is 0 Å². The molecule has 2 aromatic rings. The molecule has 1 atom stereocenters. The molecule has 1 aromatic carbocycles. The number of ether oxygens (including phenoxy) is 1. The molecule has 0 bridgehead atoms. The van der Waals surface area contributed by atoms with Crippen LogP contribution in [0.2, 0.25) is 5.02 Å². The van der Waals surface area contributed by atoms with E-state index in [4.69, 9.17) is 26.5 Å². The van der Waals surface area contributed by atoms with Crippen LogP contribution in [-0.2, 0) is 0 Å². The summed E-state index contributed by atoms with van der Waals surface area (Å²) in [5.74, 6) is 1.39. The molecule has 0 saturated heterocycles. The molecular formula is C13H14ClNO2. The summed E-state index contributed by atoms with van der Waals surface area (Å²) in [6.07, 6.45) is 1.63. The normalized spacial score (nSPS) is 12.5. The van der Waals surface area contributed by atoms with Crippen molar-refractivity contribution >= 4 is 11.6 Å². The minimum Gasteiger partial charge on any atom is -0.495 e. The number of methoxy groups -OCH3 is 1. The largest absolute Gasteiger partial charge is 0.495 e. The molecule has 0 aliphatic heterocycles. The minimum atomic E-state index is -0.312. The SMILES string of the molecule is COc1ccc(C(N)c2occc2C)cc1Cl. The summed E-state index contributed by atoms with van der Waals surface area (Å²) in [6, 6.07) is 7.06. The average Bonchev–Trinajstić information content (AvgIpc) is 2.74. The number of halogens is 1. The molecule has 1 aromatic heterocycles. The average molecular weight is 252 g/mol. The Morgan fingerprint density at radius 2 is 2.12 bits per heavy atom. The van der Waals surface area contributed by atoms with Crippen LogP contribution in [0, 0.1) is 6.92 Å². The first-order valence-corrected chi connectivity index (χ1v) is 5.64. The molecule has 0 aliphatic carbocycles. The highest BCUT2D eigenvalue weighted by Crippen LogP contribution is 2.30. The fraction of sp³-hybridized carbons (Fsp3) is 0.231. The lowest BCUT2D eigenvalue weighted by Gasteiger charge is -2.12. The second-order valence-electron chi connectivity index (χ2n) is 3.84. The van der Waals surface area contributed by atoms with Gasteiger partial charge in [0.2, 0.25) is 0 Å². The Bertz CT molecular complexity index is 522. The molecule has 0 amide bonds. The molecule has 1 unspecified atom stereocenters. The van der Waals surface area contributed by atoms with Crippen LogP contribution in [0.5, 0.6) is 5.75 Å². The molecule has 1 heterocycles. The van der Waals surface area contributed by atoms with E-state index in [2.05, 4.69) is 0 Å². The zero-order chi connectivity index (χ0) is 12.4. The van der Waals surface area contributed by atoms with Crippen molar-refractivity contribution in [3.63, 3.8) is 0 Å². The van der Waals surface area contributed by atoms with Crippen molar-refractivity contribution in [2.75, 3.05) is 7.11 Å². The lowest BCUT2D eigenvalue weighted by molar-refractivity contribution is 0.414.